The Bertz CT molecular complexity index is 611. The van der Waals surface area contributed by atoms with E-state index < -0.39 is 0 Å². The highest BCUT2D eigenvalue weighted by Crippen LogP contribution is 2.23. The number of nitrogens with zero attached hydrogens (tertiary/aromatic N) is 1. The maximum atomic E-state index is 6.03. The standard InChI is InChI=1S/C21H27ClN2/c1-2-6-21(18-9-11-19(22)12-10-18)23-20-13-14-24(16-20)15-17-7-4-3-5-8-17/h3-5,7-12,20-21,23H,2,6,13-16H2,1H3. The molecule has 1 heterocycles. The fourth-order valence-electron chi connectivity index (χ4n) is 3.57. The number of hydrogen-bond donors (Lipinski definition) is 1. The van der Waals surface area contributed by atoms with E-state index in [0.29, 0.717) is 12.1 Å². The van der Waals surface area contributed by atoms with Crippen LogP contribution < -0.4 is 5.32 Å². The van der Waals surface area contributed by atoms with Crippen molar-refractivity contribution < 1.29 is 0 Å². The van der Waals surface area contributed by atoms with Crippen LogP contribution in [0.1, 0.15) is 43.4 Å². The van der Waals surface area contributed by atoms with Crippen LogP contribution in [0.5, 0.6) is 0 Å². The fourth-order valence-corrected chi connectivity index (χ4v) is 3.69. The van der Waals surface area contributed by atoms with Gasteiger partial charge in [0.05, 0.1) is 0 Å². The molecule has 0 bridgehead atoms. The van der Waals surface area contributed by atoms with Gasteiger partial charge in [0.2, 0.25) is 0 Å². The lowest BCUT2D eigenvalue weighted by atomic mass is 10.0. The van der Waals surface area contributed by atoms with Crippen molar-refractivity contribution in [2.24, 2.45) is 0 Å². The average molecular weight is 343 g/mol. The second-order valence-corrected chi connectivity index (χ2v) is 7.20. The molecular formula is C21H27ClN2. The van der Waals surface area contributed by atoms with Crippen LogP contribution >= 0.6 is 11.6 Å². The first-order chi connectivity index (χ1) is 11.7. The third-order valence-electron chi connectivity index (χ3n) is 4.81. The molecule has 3 rings (SSSR count). The molecule has 1 fully saturated rings. The number of halogens is 1. The van der Waals surface area contributed by atoms with Gasteiger partial charge in [0.25, 0.3) is 0 Å². The molecule has 128 valence electrons. The summed E-state index contributed by atoms with van der Waals surface area (Å²) in [6, 6.07) is 20.1. The first kappa shape index (κ1) is 17.5. The summed E-state index contributed by atoms with van der Waals surface area (Å²) < 4.78 is 0. The Balaban J connectivity index is 1.57. The minimum atomic E-state index is 0.425. The van der Waals surface area contributed by atoms with Crippen LogP contribution in [0, 0.1) is 0 Å². The summed E-state index contributed by atoms with van der Waals surface area (Å²) in [5.41, 5.74) is 2.75. The van der Waals surface area contributed by atoms with Gasteiger partial charge in [-0.3, -0.25) is 4.90 Å². The van der Waals surface area contributed by atoms with E-state index in [9.17, 15) is 0 Å². The number of nitrogens with one attached hydrogen (secondary N) is 1. The van der Waals surface area contributed by atoms with E-state index in [1.165, 1.54) is 30.5 Å². The summed E-state index contributed by atoms with van der Waals surface area (Å²) >= 11 is 6.03. The molecule has 3 heteroatoms. The Kier molecular flexibility index (Phi) is 6.30. The molecule has 1 aliphatic heterocycles. The molecule has 1 aliphatic rings. The van der Waals surface area contributed by atoms with E-state index in [1.807, 2.05) is 12.1 Å². The lowest BCUT2D eigenvalue weighted by molar-refractivity contribution is 0.312. The van der Waals surface area contributed by atoms with E-state index in [2.05, 4.69) is 59.6 Å². The molecule has 2 aromatic carbocycles. The van der Waals surface area contributed by atoms with Gasteiger partial charge in [-0.1, -0.05) is 67.4 Å². The average Bonchev–Trinajstić information content (AvgIpc) is 3.03. The predicted octanol–water partition coefficient (Wildman–Crippen LogP) is 5.05. The first-order valence-corrected chi connectivity index (χ1v) is 9.40. The Hall–Kier alpha value is -1.35. The smallest absolute Gasteiger partial charge is 0.0406 e. The largest absolute Gasteiger partial charge is 0.306 e. The Morgan fingerprint density at radius 2 is 1.88 bits per heavy atom. The van der Waals surface area contributed by atoms with Gasteiger partial charge in [0, 0.05) is 36.7 Å². The lowest BCUT2D eigenvalue weighted by Gasteiger charge is -2.24. The van der Waals surface area contributed by atoms with Crippen LogP contribution in [-0.4, -0.2) is 24.0 Å². The second kappa shape index (κ2) is 8.66. The number of rotatable bonds is 7. The highest BCUT2D eigenvalue weighted by Gasteiger charge is 2.24. The van der Waals surface area contributed by atoms with Gasteiger partial charge >= 0.3 is 0 Å². The molecule has 2 nitrogen and oxygen atoms in total. The molecule has 1 saturated heterocycles. The van der Waals surface area contributed by atoms with Crippen LogP contribution in [0.15, 0.2) is 54.6 Å². The van der Waals surface area contributed by atoms with Crippen molar-refractivity contribution in [3.05, 3.63) is 70.7 Å². The summed E-state index contributed by atoms with van der Waals surface area (Å²) in [5, 5.41) is 4.69. The normalized spacial score (nSPS) is 19.5. The summed E-state index contributed by atoms with van der Waals surface area (Å²) in [6.07, 6.45) is 3.57. The SMILES string of the molecule is CCCC(NC1CCN(Cc2ccccc2)C1)c1ccc(Cl)cc1. The number of hydrogen-bond acceptors (Lipinski definition) is 2. The molecule has 24 heavy (non-hydrogen) atoms. The zero-order chi connectivity index (χ0) is 16.8. The van der Waals surface area contributed by atoms with Crippen molar-refractivity contribution in [2.45, 2.75) is 44.8 Å². The maximum Gasteiger partial charge on any atom is 0.0406 e. The van der Waals surface area contributed by atoms with E-state index >= 15 is 0 Å². The Labute approximate surface area is 150 Å². The quantitative estimate of drug-likeness (QED) is 0.757. The maximum absolute atomic E-state index is 6.03. The van der Waals surface area contributed by atoms with E-state index in [0.717, 1.165) is 24.5 Å². The zero-order valence-corrected chi connectivity index (χ0v) is 15.2. The lowest BCUT2D eigenvalue weighted by Crippen LogP contribution is -2.35. The van der Waals surface area contributed by atoms with E-state index in [-0.39, 0.29) is 0 Å². The Morgan fingerprint density at radius 3 is 2.58 bits per heavy atom. The minimum Gasteiger partial charge on any atom is -0.306 e. The third-order valence-corrected chi connectivity index (χ3v) is 5.06. The predicted molar refractivity (Wildman–Crippen MR) is 102 cm³/mol. The van der Waals surface area contributed by atoms with Crippen molar-refractivity contribution in [3.63, 3.8) is 0 Å². The van der Waals surface area contributed by atoms with Crippen molar-refractivity contribution in [3.8, 4) is 0 Å². The molecule has 0 aromatic heterocycles. The van der Waals surface area contributed by atoms with Crippen molar-refractivity contribution in [1.82, 2.24) is 10.2 Å². The van der Waals surface area contributed by atoms with Gasteiger partial charge < -0.3 is 5.32 Å². The topological polar surface area (TPSA) is 15.3 Å². The van der Waals surface area contributed by atoms with E-state index in [1.54, 1.807) is 0 Å². The van der Waals surface area contributed by atoms with Gasteiger partial charge in [-0.15, -0.1) is 0 Å². The summed E-state index contributed by atoms with van der Waals surface area (Å²) in [6.45, 7) is 5.61. The van der Waals surface area contributed by atoms with Gasteiger partial charge in [0.1, 0.15) is 0 Å². The molecule has 0 radical (unpaired) electrons. The van der Waals surface area contributed by atoms with Crippen LogP contribution in [-0.2, 0) is 6.54 Å². The molecule has 0 aliphatic carbocycles. The zero-order valence-electron chi connectivity index (χ0n) is 14.4. The summed E-state index contributed by atoms with van der Waals surface area (Å²) in [4.78, 5) is 2.55. The number of likely N-dealkylation sites (tertiary alicyclic amines) is 1. The van der Waals surface area contributed by atoms with Gasteiger partial charge in [0.15, 0.2) is 0 Å². The van der Waals surface area contributed by atoms with Crippen molar-refractivity contribution in [2.75, 3.05) is 13.1 Å². The molecule has 2 atom stereocenters. The minimum absolute atomic E-state index is 0.425. The first-order valence-electron chi connectivity index (χ1n) is 9.02. The van der Waals surface area contributed by atoms with Crippen LogP contribution in [0.4, 0.5) is 0 Å². The molecule has 0 saturated carbocycles. The molecule has 2 unspecified atom stereocenters. The molecule has 1 N–H and O–H groups in total. The fraction of sp³-hybridized carbons (Fsp3) is 0.429. The van der Waals surface area contributed by atoms with Crippen molar-refractivity contribution >= 4 is 11.6 Å². The van der Waals surface area contributed by atoms with Gasteiger partial charge in [-0.25, -0.2) is 0 Å². The summed E-state index contributed by atoms with van der Waals surface area (Å²) in [5.74, 6) is 0. The third kappa shape index (κ3) is 4.83. The highest BCUT2D eigenvalue weighted by molar-refractivity contribution is 6.30. The molecule has 0 amide bonds. The molecule has 2 aromatic rings. The summed E-state index contributed by atoms with van der Waals surface area (Å²) in [7, 11) is 0. The molecular weight excluding hydrogens is 316 g/mol. The van der Waals surface area contributed by atoms with E-state index in [4.69, 9.17) is 11.6 Å². The highest BCUT2D eigenvalue weighted by atomic mass is 35.5. The van der Waals surface area contributed by atoms with Crippen LogP contribution in [0.2, 0.25) is 5.02 Å². The number of benzene rings is 2. The van der Waals surface area contributed by atoms with Crippen LogP contribution in [0.25, 0.3) is 0 Å². The second-order valence-electron chi connectivity index (χ2n) is 6.77. The van der Waals surface area contributed by atoms with Gasteiger partial charge in [-0.2, -0.15) is 0 Å². The van der Waals surface area contributed by atoms with Gasteiger partial charge in [-0.05, 0) is 36.1 Å². The molecule has 0 spiro atoms. The Morgan fingerprint density at radius 1 is 1.12 bits per heavy atom. The monoisotopic (exact) mass is 342 g/mol. The van der Waals surface area contributed by atoms with Crippen LogP contribution in [0.3, 0.4) is 0 Å². The van der Waals surface area contributed by atoms with Crippen molar-refractivity contribution in [1.29, 1.82) is 0 Å².